The molecular formula is C26H28N2O2. The molecule has 0 spiro atoms. The zero-order valence-electron chi connectivity index (χ0n) is 17.5. The van der Waals surface area contributed by atoms with Crippen molar-refractivity contribution < 1.29 is 9.59 Å². The number of carbonyl (C=O) groups is 2. The maximum absolute atomic E-state index is 13.0. The second-order valence-corrected chi connectivity index (χ2v) is 7.27. The van der Waals surface area contributed by atoms with Crippen LogP contribution in [0, 0.1) is 0 Å². The summed E-state index contributed by atoms with van der Waals surface area (Å²) in [6.45, 7) is 3.99. The molecule has 30 heavy (non-hydrogen) atoms. The quantitative estimate of drug-likeness (QED) is 0.491. The van der Waals surface area contributed by atoms with E-state index >= 15 is 0 Å². The summed E-state index contributed by atoms with van der Waals surface area (Å²) in [6.07, 6.45) is 1.38. The van der Waals surface area contributed by atoms with Crippen molar-refractivity contribution in [1.29, 1.82) is 0 Å². The van der Waals surface area contributed by atoms with Crippen molar-refractivity contribution in [2.45, 2.75) is 38.5 Å². The van der Waals surface area contributed by atoms with Gasteiger partial charge < -0.3 is 10.6 Å². The third kappa shape index (κ3) is 5.15. The minimum atomic E-state index is -0.248. The Bertz CT molecular complexity index is 890. The lowest BCUT2D eigenvalue weighted by Gasteiger charge is -2.19. The molecule has 0 aliphatic rings. The molecule has 0 aliphatic heterocycles. The van der Waals surface area contributed by atoms with E-state index in [1.165, 1.54) is 0 Å². The van der Waals surface area contributed by atoms with E-state index in [1.54, 1.807) is 0 Å². The topological polar surface area (TPSA) is 58.2 Å². The number of anilines is 2. The van der Waals surface area contributed by atoms with Crippen LogP contribution in [-0.2, 0) is 9.59 Å². The molecule has 2 atom stereocenters. The smallest absolute Gasteiger partial charge is 0.231 e. The summed E-state index contributed by atoms with van der Waals surface area (Å²) in [7, 11) is 0. The number of carbonyl (C=O) groups excluding carboxylic acids is 2. The Labute approximate surface area is 178 Å². The molecule has 2 amide bonds. The third-order valence-electron chi connectivity index (χ3n) is 5.30. The van der Waals surface area contributed by atoms with E-state index in [4.69, 9.17) is 0 Å². The Kier molecular flexibility index (Phi) is 7.39. The molecule has 3 aromatic rings. The van der Waals surface area contributed by atoms with Crippen molar-refractivity contribution in [3.05, 3.63) is 96.1 Å². The first kappa shape index (κ1) is 21.3. The molecule has 0 aromatic heterocycles. The van der Waals surface area contributed by atoms with Gasteiger partial charge in [0.2, 0.25) is 11.8 Å². The van der Waals surface area contributed by atoms with E-state index in [0.29, 0.717) is 24.2 Å². The first-order valence-corrected chi connectivity index (χ1v) is 10.4. The van der Waals surface area contributed by atoms with Crippen molar-refractivity contribution in [2.75, 3.05) is 10.6 Å². The number of hydrogen-bond acceptors (Lipinski definition) is 2. The average molecular weight is 401 g/mol. The third-order valence-corrected chi connectivity index (χ3v) is 5.30. The van der Waals surface area contributed by atoms with Gasteiger partial charge in [0.1, 0.15) is 0 Å². The average Bonchev–Trinajstić information content (AvgIpc) is 2.78. The van der Waals surface area contributed by atoms with E-state index in [2.05, 4.69) is 10.6 Å². The van der Waals surface area contributed by atoms with Gasteiger partial charge in [-0.15, -0.1) is 0 Å². The van der Waals surface area contributed by atoms with Crippen molar-refractivity contribution >= 4 is 23.2 Å². The lowest BCUT2D eigenvalue weighted by Crippen LogP contribution is -2.24. The molecule has 154 valence electrons. The van der Waals surface area contributed by atoms with Crippen LogP contribution in [0.4, 0.5) is 11.4 Å². The van der Waals surface area contributed by atoms with Gasteiger partial charge in [-0.25, -0.2) is 0 Å². The number of rotatable bonds is 8. The summed E-state index contributed by atoms with van der Waals surface area (Å²) < 4.78 is 0. The highest BCUT2D eigenvalue weighted by molar-refractivity contribution is 6.03. The normalized spacial score (nSPS) is 12.6. The van der Waals surface area contributed by atoms with Crippen LogP contribution in [0.3, 0.4) is 0 Å². The van der Waals surface area contributed by atoms with Crippen molar-refractivity contribution in [3.8, 4) is 0 Å². The summed E-state index contributed by atoms with van der Waals surface area (Å²) >= 11 is 0. The molecule has 0 heterocycles. The Morgan fingerprint density at radius 3 is 1.27 bits per heavy atom. The fourth-order valence-electron chi connectivity index (χ4n) is 3.66. The summed E-state index contributed by atoms with van der Waals surface area (Å²) in [5, 5.41) is 6.02. The molecule has 0 fully saturated rings. The maximum atomic E-state index is 13.0. The Morgan fingerprint density at radius 2 is 0.933 bits per heavy atom. The largest absolute Gasteiger partial charge is 0.324 e. The van der Waals surface area contributed by atoms with Crippen molar-refractivity contribution in [3.63, 3.8) is 0 Å². The van der Waals surface area contributed by atoms with E-state index in [0.717, 1.165) is 11.1 Å². The highest BCUT2D eigenvalue weighted by Gasteiger charge is 2.22. The Hall–Kier alpha value is -3.40. The highest BCUT2D eigenvalue weighted by atomic mass is 16.2. The van der Waals surface area contributed by atoms with Crippen molar-refractivity contribution in [1.82, 2.24) is 0 Å². The summed E-state index contributed by atoms with van der Waals surface area (Å²) in [5.41, 5.74) is 3.17. The number of benzene rings is 3. The van der Waals surface area contributed by atoms with Crippen LogP contribution in [0.5, 0.6) is 0 Å². The van der Waals surface area contributed by atoms with E-state index in [1.807, 2.05) is 98.8 Å². The molecule has 3 rings (SSSR count). The van der Waals surface area contributed by atoms with Crippen LogP contribution < -0.4 is 10.6 Å². The van der Waals surface area contributed by atoms with Crippen LogP contribution in [0.15, 0.2) is 84.9 Å². The van der Waals surface area contributed by atoms with Gasteiger partial charge in [0, 0.05) is 0 Å². The van der Waals surface area contributed by atoms with Crippen LogP contribution >= 0.6 is 0 Å². The van der Waals surface area contributed by atoms with E-state index in [-0.39, 0.29) is 23.7 Å². The molecule has 0 saturated heterocycles. The zero-order valence-corrected chi connectivity index (χ0v) is 17.5. The summed E-state index contributed by atoms with van der Waals surface area (Å²) in [5.74, 6) is -0.661. The second kappa shape index (κ2) is 10.4. The molecule has 0 radical (unpaired) electrons. The molecule has 4 nitrogen and oxygen atoms in total. The molecule has 2 N–H and O–H groups in total. The Balaban J connectivity index is 1.77. The van der Waals surface area contributed by atoms with Gasteiger partial charge in [0.05, 0.1) is 23.2 Å². The molecule has 0 aliphatic carbocycles. The van der Waals surface area contributed by atoms with Gasteiger partial charge in [0.15, 0.2) is 0 Å². The fraction of sp³-hybridized carbons (Fsp3) is 0.231. The molecule has 0 saturated carbocycles. The monoisotopic (exact) mass is 400 g/mol. The number of hydrogen-bond donors (Lipinski definition) is 2. The van der Waals surface area contributed by atoms with Gasteiger partial charge in [0.25, 0.3) is 0 Å². The lowest BCUT2D eigenvalue weighted by molar-refractivity contribution is -0.118. The molecule has 0 bridgehead atoms. The first-order valence-electron chi connectivity index (χ1n) is 10.4. The highest BCUT2D eigenvalue weighted by Crippen LogP contribution is 2.28. The SMILES string of the molecule is CC[C@@H](C(=O)Nc1ccccc1NC(=O)[C@H](CC)c1ccccc1)c1ccccc1. The van der Waals surface area contributed by atoms with Gasteiger partial charge in [-0.1, -0.05) is 86.6 Å². The number of amides is 2. The van der Waals surface area contributed by atoms with Gasteiger partial charge in [-0.2, -0.15) is 0 Å². The minimum absolute atomic E-state index is 0.0829. The lowest BCUT2D eigenvalue weighted by atomic mass is 9.95. The predicted molar refractivity (Wildman–Crippen MR) is 123 cm³/mol. The summed E-state index contributed by atoms with van der Waals surface area (Å²) in [4.78, 5) is 25.9. The van der Waals surface area contributed by atoms with Gasteiger partial charge in [-0.3, -0.25) is 9.59 Å². The molecule has 4 heteroatoms. The Morgan fingerprint density at radius 1 is 0.600 bits per heavy atom. The number of para-hydroxylation sites is 2. The maximum Gasteiger partial charge on any atom is 0.231 e. The van der Waals surface area contributed by atoms with Gasteiger partial charge >= 0.3 is 0 Å². The fourth-order valence-corrected chi connectivity index (χ4v) is 3.66. The summed E-state index contributed by atoms with van der Waals surface area (Å²) in [6, 6.07) is 26.8. The van der Waals surface area contributed by atoms with E-state index < -0.39 is 0 Å². The first-order chi connectivity index (χ1) is 14.6. The van der Waals surface area contributed by atoms with Crippen LogP contribution in [-0.4, -0.2) is 11.8 Å². The van der Waals surface area contributed by atoms with Crippen LogP contribution in [0.2, 0.25) is 0 Å². The zero-order chi connectivity index (χ0) is 21.3. The van der Waals surface area contributed by atoms with Crippen molar-refractivity contribution in [2.24, 2.45) is 0 Å². The molecular weight excluding hydrogens is 372 g/mol. The van der Waals surface area contributed by atoms with Crippen LogP contribution in [0.1, 0.15) is 49.7 Å². The minimum Gasteiger partial charge on any atom is -0.324 e. The second-order valence-electron chi connectivity index (χ2n) is 7.27. The molecule has 3 aromatic carbocycles. The standard InChI is InChI=1S/C26H28N2O2/c1-3-21(19-13-7-5-8-14-19)25(29)27-23-17-11-12-18-24(23)28-26(30)22(4-2)20-15-9-6-10-16-20/h5-18,21-22H,3-4H2,1-2H3,(H,27,29)(H,28,30)/t21-,22-/m1/s1. The van der Waals surface area contributed by atoms with Crippen LogP contribution in [0.25, 0.3) is 0 Å². The molecule has 0 unspecified atom stereocenters. The predicted octanol–water partition coefficient (Wildman–Crippen LogP) is 5.95. The van der Waals surface area contributed by atoms with E-state index in [9.17, 15) is 9.59 Å². The number of nitrogens with one attached hydrogen (secondary N) is 2. The van der Waals surface area contributed by atoms with Gasteiger partial charge in [-0.05, 0) is 36.1 Å².